The summed E-state index contributed by atoms with van der Waals surface area (Å²) in [6.45, 7) is 5.13. The fraction of sp³-hybridized carbons (Fsp3) is 0.364. The first-order valence-electron chi connectivity index (χ1n) is 9.65. The van der Waals surface area contributed by atoms with Crippen molar-refractivity contribution < 1.29 is 19.1 Å². The number of benzene rings is 2. The minimum Gasteiger partial charge on any atom is -0.490 e. The van der Waals surface area contributed by atoms with Gasteiger partial charge < -0.3 is 20.1 Å². The molecular weight excluding hydrogens is 356 g/mol. The van der Waals surface area contributed by atoms with Crippen LogP contribution in [0.3, 0.4) is 0 Å². The van der Waals surface area contributed by atoms with Gasteiger partial charge in [-0.1, -0.05) is 38.5 Å². The van der Waals surface area contributed by atoms with Gasteiger partial charge in [-0.25, -0.2) is 0 Å². The van der Waals surface area contributed by atoms with E-state index in [1.54, 1.807) is 42.5 Å². The quantitative estimate of drug-likeness (QED) is 0.800. The summed E-state index contributed by atoms with van der Waals surface area (Å²) in [4.78, 5) is 25.5. The molecule has 2 N–H and O–H groups in total. The van der Waals surface area contributed by atoms with E-state index in [1.165, 1.54) is 0 Å². The lowest BCUT2D eigenvalue weighted by Gasteiger charge is -2.24. The molecule has 28 heavy (non-hydrogen) atoms. The number of anilines is 1. The summed E-state index contributed by atoms with van der Waals surface area (Å²) in [5.74, 6) is 0.746. The van der Waals surface area contributed by atoms with Gasteiger partial charge in [-0.05, 0) is 30.2 Å². The summed E-state index contributed by atoms with van der Waals surface area (Å²) in [6, 6.07) is 13.6. The summed E-state index contributed by atoms with van der Waals surface area (Å²) in [7, 11) is 0. The van der Waals surface area contributed by atoms with Crippen molar-refractivity contribution in [2.75, 3.05) is 18.5 Å². The maximum absolute atomic E-state index is 12.9. The number of carbonyl (C=O) groups excluding carboxylic acids is 2. The van der Waals surface area contributed by atoms with Crippen LogP contribution in [-0.4, -0.2) is 31.1 Å². The molecule has 0 radical (unpaired) electrons. The molecular formula is C22H26N2O4. The van der Waals surface area contributed by atoms with E-state index in [9.17, 15) is 9.59 Å². The molecule has 1 aliphatic rings. The van der Waals surface area contributed by atoms with Crippen molar-refractivity contribution in [2.24, 2.45) is 5.92 Å². The first kappa shape index (κ1) is 19.7. The van der Waals surface area contributed by atoms with Gasteiger partial charge in [0.05, 0.1) is 13.2 Å². The minimum absolute atomic E-state index is 0.0203. The molecule has 148 valence electrons. The molecule has 2 atom stereocenters. The largest absolute Gasteiger partial charge is 0.490 e. The Hall–Kier alpha value is -3.02. The highest BCUT2D eigenvalue weighted by atomic mass is 16.5. The maximum atomic E-state index is 12.9. The lowest BCUT2D eigenvalue weighted by Crippen LogP contribution is -2.47. The molecule has 6 nitrogen and oxygen atoms in total. The molecule has 2 unspecified atom stereocenters. The zero-order valence-corrected chi connectivity index (χ0v) is 16.2. The monoisotopic (exact) mass is 382 g/mol. The molecule has 0 aromatic heterocycles. The van der Waals surface area contributed by atoms with Gasteiger partial charge in [-0.15, -0.1) is 0 Å². The number of hydrogen-bond acceptors (Lipinski definition) is 4. The summed E-state index contributed by atoms with van der Waals surface area (Å²) in [6.07, 6.45) is 1.58. The highest BCUT2D eigenvalue weighted by molar-refractivity contribution is 6.01. The molecule has 1 heterocycles. The van der Waals surface area contributed by atoms with Crippen LogP contribution in [-0.2, 0) is 4.79 Å². The van der Waals surface area contributed by atoms with E-state index in [0.29, 0.717) is 36.0 Å². The summed E-state index contributed by atoms with van der Waals surface area (Å²) in [5.41, 5.74) is 1.13. The Morgan fingerprint density at radius 1 is 1.04 bits per heavy atom. The van der Waals surface area contributed by atoms with Gasteiger partial charge in [0.15, 0.2) is 11.5 Å². The summed E-state index contributed by atoms with van der Waals surface area (Å²) < 4.78 is 11.3. The number of carbonyl (C=O) groups is 2. The van der Waals surface area contributed by atoms with Crippen LogP contribution in [0.25, 0.3) is 0 Å². The molecule has 2 aromatic rings. The predicted molar refractivity (Wildman–Crippen MR) is 108 cm³/mol. The predicted octanol–water partition coefficient (Wildman–Crippen LogP) is 3.63. The molecule has 0 spiro atoms. The molecule has 1 aliphatic heterocycles. The highest BCUT2D eigenvalue weighted by Gasteiger charge is 2.26. The average Bonchev–Trinajstić information content (AvgIpc) is 2.96. The third-order valence-electron chi connectivity index (χ3n) is 4.83. The Balaban J connectivity index is 1.73. The Labute approximate surface area is 165 Å². The lowest BCUT2D eigenvalue weighted by molar-refractivity contribution is -0.119. The first-order valence-corrected chi connectivity index (χ1v) is 9.65. The van der Waals surface area contributed by atoms with E-state index in [2.05, 4.69) is 10.6 Å². The van der Waals surface area contributed by atoms with E-state index in [0.717, 1.165) is 12.8 Å². The number of nitrogens with one attached hydrogen (secondary N) is 2. The molecule has 0 saturated carbocycles. The molecule has 6 heteroatoms. The molecule has 0 aliphatic carbocycles. The van der Waals surface area contributed by atoms with Gasteiger partial charge in [-0.3, -0.25) is 9.59 Å². The van der Waals surface area contributed by atoms with Crippen molar-refractivity contribution in [1.82, 2.24) is 5.32 Å². The van der Waals surface area contributed by atoms with Crippen molar-refractivity contribution in [2.45, 2.75) is 32.7 Å². The highest BCUT2D eigenvalue weighted by Crippen LogP contribution is 2.32. The molecule has 0 bridgehead atoms. The maximum Gasteiger partial charge on any atom is 0.251 e. The van der Waals surface area contributed by atoms with Crippen molar-refractivity contribution >= 4 is 17.5 Å². The number of rotatable bonds is 6. The zero-order valence-electron chi connectivity index (χ0n) is 16.2. The Morgan fingerprint density at radius 2 is 1.75 bits per heavy atom. The zero-order chi connectivity index (χ0) is 19.9. The van der Waals surface area contributed by atoms with Gasteiger partial charge in [0.1, 0.15) is 6.04 Å². The molecule has 0 fully saturated rings. The summed E-state index contributed by atoms with van der Waals surface area (Å²) in [5, 5.41) is 5.76. The normalized spacial score (nSPS) is 15.1. The smallest absolute Gasteiger partial charge is 0.251 e. The molecule has 2 aromatic carbocycles. The topological polar surface area (TPSA) is 76.7 Å². The Morgan fingerprint density at radius 3 is 2.46 bits per heavy atom. The van der Waals surface area contributed by atoms with Crippen LogP contribution in [0.2, 0.25) is 0 Å². The lowest BCUT2D eigenvalue weighted by atomic mass is 9.97. The van der Waals surface area contributed by atoms with Crippen LogP contribution in [0.1, 0.15) is 37.0 Å². The van der Waals surface area contributed by atoms with Crippen LogP contribution in [0.15, 0.2) is 48.5 Å². The third kappa shape index (κ3) is 4.82. The van der Waals surface area contributed by atoms with Crippen LogP contribution in [0, 0.1) is 5.92 Å². The second kappa shape index (κ2) is 9.26. The Kier molecular flexibility index (Phi) is 6.53. The third-order valence-corrected chi connectivity index (χ3v) is 4.83. The fourth-order valence-electron chi connectivity index (χ4n) is 2.98. The molecule has 2 amide bonds. The van der Waals surface area contributed by atoms with E-state index >= 15 is 0 Å². The second-order valence-electron chi connectivity index (χ2n) is 6.90. The van der Waals surface area contributed by atoms with Crippen molar-refractivity contribution in [1.29, 1.82) is 0 Å². The average molecular weight is 382 g/mol. The summed E-state index contributed by atoms with van der Waals surface area (Å²) >= 11 is 0. The van der Waals surface area contributed by atoms with Gasteiger partial charge in [0, 0.05) is 23.7 Å². The molecule has 3 rings (SSSR count). The van der Waals surface area contributed by atoms with Gasteiger partial charge in [0.2, 0.25) is 5.91 Å². The van der Waals surface area contributed by atoms with Crippen LogP contribution in [0.5, 0.6) is 11.5 Å². The second-order valence-corrected chi connectivity index (χ2v) is 6.90. The van der Waals surface area contributed by atoms with Crippen molar-refractivity contribution in [3.05, 3.63) is 54.1 Å². The van der Waals surface area contributed by atoms with Crippen LogP contribution >= 0.6 is 0 Å². The van der Waals surface area contributed by atoms with Crippen molar-refractivity contribution in [3.63, 3.8) is 0 Å². The van der Waals surface area contributed by atoms with E-state index in [-0.39, 0.29) is 17.7 Å². The van der Waals surface area contributed by atoms with E-state index < -0.39 is 6.04 Å². The number of hydrogen-bond donors (Lipinski definition) is 2. The molecule has 0 saturated heterocycles. The van der Waals surface area contributed by atoms with E-state index in [1.807, 2.05) is 19.9 Å². The standard InChI is InChI=1S/C22H26N2O4/c1-3-15(2)20(24-21(25)16-8-5-4-6-9-16)22(26)23-17-10-11-18-19(14-17)28-13-7-12-27-18/h4-6,8-11,14-15,20H,3,7,12-13H2,1-2H3,(H,23,26)(H,24,25). The first-order chi connectivity index (χ1) is 13.6. The van der Waals surface area contributed by atoms with Crippen molar-refractivity contribution in [3.8, 4) is 11.5 Å². The number of amides is 2. The van der Waals surface area contributed by atoms with Crippen LogP contribution in [0.4, 0.5) is 5.69 Å². The van der Waals surface area contributed by atoms with Gasteiger partial charge in [0.25, 0.3) is 5.91 Å². The SMILES string of the molecule is CCC(C)C(NC(=O)c1ccccc1)C(=O)Nc1ccc2c(c1)OCCCO2. The van der Waals surface area contributed by atoms with Crippen LogP contribution < -0.4 is 20.1 Å². The number of ether oxygens (including phenoxy) is 2. The Bertz CT molecular complexity index is 823. The van der Waals surface area contributed by atoms with Gasteiger partial charge >= 0.3 is 0 Å². The van der Waals surface area contributed by atoms with E-state index in [4.69, 9.17) is 9.47 Å². The number of fused-ring (bicyclic) bond motifs is 1. The van der Waals surface area contributed by atoms with Gasteiger partial charge in [-0.2, -0.15) is 0 Å². The minimum atomic E-state index is -0.645. The fourth-order valence-corrected chi connectivity index (χ4v) is 2.98.